The van der Waals surface area contributed by atoms with E-state index in [1.54, 1.807) is 0 Å². The standard InChI is InChI=1S/2Al.NO3.H2O4S/c;;2-1(3)4;1-5(2,3)4/h;;;(H2,1,2,3,4)/q2*+3;-1;/p-2. The third kappa shape index (κ3) is 36800. The Labute approximate surface area is 83.2 Å². The van der Waals surface area contributed by atoms with Gasteiger partial charge in [0.05, 0.1) is 5.09 Å². The normalized spacial score (nSPS) is 7.45. The predicted octanol–water partition coefficient (Wildman–Crippen LogP) is -2.34. The Kier molecular flexibility index (Phi) is 20.7. The molecule has 0 N–H and O–H groups in total. The van der Waals surface area contributed by atoms with E-state index in [4.69, 9.17) is 32.8 Å². The fourth-order valence-corrected chi connectivity index (χ4v) is 0. The van der Waals surface area contributed by atoms with Crippen molar-refractivity contribution in [2.75, 3.05) is 0 Å². The molecule has 0 bridgehead atoms. The summed E-state index contributed by atoms with van der Waals surface area (Å²) in [6, 6.07) is 0. The zero-order valence-electron chi connectivity index (χ0n) is 4.87. The number of hydrogen-bond donors (Lipinski definition) is 0. The molecule has 0 aromatic carbocycles. The molecular formula is Al2NO7S+3. The van der Waals surface area contributed by atoms with Crippen molar-refractivity contribution in [3.8, 4) is 0 Å². The Morgan fingerprint density at radius 3 is 1.00 bits per heavy atom. The first-order valence-electron chi connectivity index (χ1n) is 1.21. The second-order valence-corrected chi connectivity index (χ2v) is 1.45. The molecular weight excluding hydrogens is 212 g/mol. The fraction of sp³-hybridized carbons (Fsp3) is 0. The zero-order chi connectivity index (χ0) is 8.08. The first kappa shape index (κ1) is 22.5. The van der Waals surface area contributed by atoms with E-state index in [1.165, 1.54) is 0 Å². The van der Waals surface area contributed by atoms with E-state index in [9.17, 15) is 0 Å². The second kappa shape index (κ2) is 10.1. The van der Waals surface area contributed by atoms with Gasteiger partial charge in [0.1, 0.15) is 0 Å². The fourth-order valence-electron chi connectivity index (χ4n) is 0. The first-order valence-corrected chi connectivity index (χ1v) is 2.55. The Morgan fingerprint density at radius 2 is 1.00 bits per heavy atom. The Hall–Kier alpha value is 0.135. The third-order valence-corrected chi connectivity index (χ3v) is 0. The maximum atomic E-state index is 8.52. The van der Waals surface area contributed by atoms with Gasteiger partial charge in [0.2, 0.25) is 0 Å². The topological polar surface area (TPSA) is 146 Å². The van der Waals surface area contributed by atoms with E-state index in [0.29, 0.717) is 0 Å². The van der Waals surface area contributed by atoms with E-state index in [1.807, 2.05) is 0 Å². The minimum absolute atomic E-state index is 0. The van der Waals surface area contributed by atoms with Gasteiger partial charge in [-0.2, -0.15) is 0 Å². The molecule has 0 amide bonds. The molecule has 0 radical (unpaired) electrons. The van der Waals surface area contributed by atoms with Gasteiger partial charge in [-0.15, -0.1) is 0 Å². The zero-order valence-corrected chi connectivity index (χ0v) is 7.99. The molecule has 0 aromatic heterocycles. The van der Waals surface area contributed by atoms with Crippen LogP contribution in [-0.4, -0.2) is 57.3 Å². The van der Waals surface area contributed by atoms with Crippen LogP contribution < -0.4 is 0 Å². The van der Waals surface area contributed by atoms with Crippen molar-refractivity contribution in [2.45, 2.75) is 0 Å². The minimum Gasteiger partial charge on any atom is -0.759 e. The van der Waals surface area contributed by atoms with Crippen molar-refractivity contribution in [3.63, 3.8) is 0 Å². The first-order chi connectivity index (χ1) is 3.73. The molecule has 11 heteroatoms. The van der Waals surface area contributed by atoms with Gasteiger partial charge in [0.25, 0.3) is 0 Å². The van der Waals surface area contributed by atoms with Crippen molar-refractivity contribution >= 4 is 45.1 Å². The molecule has 0 aromatic rings. The monoisotopic (exact) mass is 212 g/mol. The van der Waals surface area contributed by atoms with Crippen molar-refractivity contribution in [3.05, 3.63) is 15.3 Å². The smallest absolute Gasteiger partial charge is 0.759 e. The maximum Gasteiger partial charge on any atom is 3.00 e. The number of rotatable bonds is 0. The van der Waals surface area contributed by atoms with E-state index in [0.717, 1.165) is 0 Å². The van der Waals surface area contributed by atoms with Crippen LogP contribution in [0.25, 0.3) is 0 Å². The van der Waals surface area contributed by atoms with Gasteiger partial charge in [-0.05, 0) is 0 Å². The second-order valence-electron chi connectivity index (χ2n) is 0.632. The van der Waals surface area contributed by atoms with Crippen molar-refractivity contribution in [1.29, 1.82) is 0 Å². The van der Waals surface area contributed by atoms with Crippen LogP contribution in [-0.2, 0) is 10.4 Å². The summed E-state index contributed by atoms with van der Waals surface area (Å²) < 4.78 is 34.1. The molecule has 0 saturated heterocycles. The molecule has 0 rings (SSSR count). The minimum atomic E-state index is -5.17. The molecule has 0 unspecified atom stereocenters. The van der Waals surface area contributed by atoms with Crippen molar-refractivity contribution in [2.24, 2.45) is 0 Å². The van der Waals surface area contributed by atoms with Crippen LogP contribution >= 0.6 is 0 Å². The van der Waals surface area contributed by atoms with Crippen molar-refractivity contribution < 1.29 is 22.6 Å². The molecule has 0 spiro atoms. The summed E-state index contributed by atoms with van der Waals surface area (Å²) in [6.45, 7) is 0. The van der Waals surface area contributed by atoms with E-state index in [2.05, 4.69) is 0 Å². The molecule has 8 nitrogen and oxygen atoms in total. The largest absolute Gasteiger partial charge is 3.00 e. The molecule has 0 saturated carbocycles. The van der Waals surface area contributed by atoms with Crippen LogP contribution in [0.5, 0.6) is 0 Å². The van der Waals surface area contributed by atoms with Crippen LogP contribution in [0.1, 0.15) is 0 Å². The molecule has 11 heavy (non-hydrogen) atoms. The van der Waals surface area contributed by atoms with E-state index >= 15 is 0 Å². The van der Waals surface area contributed by atoms with Crippen LogP contribution in [0.15, 0.2) is 0 Å². The molecule has 0 heterocycles. The summed E-state index contributed by atoms with van der Waals surface area (Å²) in [7, 11) is -5.17. The van der Waals surface area contributed by atoms with Gasteiger partial charge < -0.3 is 24.4 Å². The molecule has 0 atom stereocenters. The van der Waals surface area contributed by atoms with Crippen LogP contribution in [0.2, 0.25) is 0 Å². The summed E-state index contributed by atoms with van der Waals surface area (Å²) in [6.07, 6.45) is 0. The average Bonchev–Trinajstić information content (AvgIpc) is 1.19. The third-order valence-electron chi connectivity index (χ3n) is 0. The summed E-state index contributed by atoms with van der Waals surface area (Å²) in [5.41, 5.74) is 0. The number of nitrogens with zero attached hydrogens (tertiary/aromatic N) is 1. The predicted molar refractivity (Wildman–Crippen MR) is 32.3 cm³/mol. The maximum absolute atomic E-state index is 8.52. The Bertz CT molecular complexity index is 159. The van der Waals surface area contributed by atoms with Gasteiger partial charge in [0, 0.05) is 10.4 Å². The molecule has 0 aliphatic carbocycles. The molecule has 56 valence electrons. The van der Waals surface area contributed by atoms with Gasteiger partial charge in [-0.25, -0.2) is 0 Å². The molecule has 0 aliphatic rings. The Morgan fingerprint density at radius 1 is 1.00 bits per heavy atom. The molecule has 0 fully saturated rings. The van der Waals surface area contributed by atoms with Gasteiger partial charge in [-0.1, -0.05) is 0 Å². The number of hydrogen-bond acceptors (Lipinski definition) is 7. The quantitative estimate of drug-likeness (QED) is 0.143. The summed E-state index contributed by atoms with van der Waals surface area (Å²) in [5, 5.41) is 14.8. The summed E-state index contributed by atoms with van der Waals surface area (Å²) in [4.78, 5) is 8.25. The van der Waals surface area contributed by atoms with Crippen LogP contribution in [0.3, 0.4) is 0 Å². The van der Waals surface area contributed by atoms with Crippen LogP contribution in [0.4, 0.5) is 0 Å². The van der Waals surface area contributed by atoms with Gasteiger partial charge >= 0.3 is 34.7 Å². The Balaban J connectivity index is -0.0000000383. The van der Waals surface area contributed by atoms with E-state index in [-0.39, 0.29) is 34.7 Å². The van der Waals surface area contributed by atoms with Crippen LogP contribution in [0, 0.1) is 15.3 Å². The van der Waals surface area contributed by atoms with Crippen molar-refractivity contribution in [1.82, 2.24) is 0 Å². The average molecular weight is 212 g/mol. The summed E-state index contributed by atoms with van der Waals surface area (Å²) >= 11 is 0. The van der Waals surface area contributed by atoms with Gasteiger partial charge in [-0.3, -0.25) is 8.42 Å². The summed E-state index contributed by atoms with van der Waals surface area (Å²) in [5.74, 6) is 0. The van der Waals surface area contributed by atoms with E-state index < -0.39 is 15.5 Å². The van der Waals surface area contributed by atoms with Gasteiger partial charge in [0.15, 0.2) is 0 Å². The molecule has 0 aliphatic heterocycles. The SMILES string of the molecule is O=S(=O)([O-])[O-].O=[N+]([O-])[O-].[Al+3].[Al+3].